The molecule has 28 nitrogen and oxygen atoms in total. The van der Waals surface area contributed by atoms with Gasteiger partial charge >= 0.3 is 5.97 Å². The summed E-state index contributed by atoms with van der Waals surface area (Å²) in [4.78, 5) is 173. The minimum absolute atomic E-state index is 0.00763. The van der Waals surface area contributed by atoms with E-state index < -0.39 is 137 Å². The molecule has 0 unspecified atom stereocenters. The number of carboxylic acids is 1. The number of aliphatic carboxylic acids is 1. The molecule has 0 aromatic carbocycles. The molecule has 0 aliphatic carbocycles. The average Bonchev–Trinajstić information content (AvgIpc) is 4.40. The molecule has 12 atom stereocenters. The van der Waals surface area contributed by atoms with Crippen molar-refractivity contribution in [2.24, 2.45) is 28.1 Å². The highest BCUT2D eigenvalue weighted by molar-refractivity contribution is 6.00. The first-order valence-electron chi connectivity index (χ1n) is 27.8. The Morgan fingerprint density at radius 3 is 1.61 bits per heavy atom. The molecule has 0 spiro atoms. The molecule has 6 saturated heterocycles. The zero-order valence-electron chi connectivity index (χ0n) is 45.4. The van der Waals surface area contributed by atoms with E-state index in [-0.39, 0.29) is 103 Å². The van der Waals surface area contributed by atoms with E-state index in [0.717, 1.165) is 0 Å². The predicted octanol–water partition coefficient (Wildman–Crippen LogP) is -4.01. The molecule has 11 amide bonds. The quantitative estimate of drug-likeness (QED) is 0.0250. The van der Waals surface area contributed by atoms with E-state index in [2.05, 4.69) is 31.6 Å². The highest BCUT2D eigenvalue weighted by Crippen LogP contribution is 2.29. The number of aliphatic imine (C=N–C) groups is 1. The van der Waals surface area contributed by atoms with E-state index in [1.54, 1.807) is 13.8 Å². The number of aliphatic hydroxyl groups excluding tert-OH is 1. The predicted molar refractivity (Wildman–Crippen MR) is 280 cm³/mol. The first kappa shape index (κ1) is 61.1. The number of hydrogen-bond acceptors (Lipinski definition) is 14. The van der Waals surface area contributed by atoms with Crippen LogP contribution in [0, 0.1) is 5.92 Å². The SMILES string of the molecule is CC[C@H](C)[C@H](NC(=O)[C@H](CCC(N)=O)NC(=O)[C@@H]1CCCN1C(=O)[C@@H](NC(=O)[C@@H]1CCCN1C(=O)[C@H](CCCN=C(N)N)NC(=O)[C@@H]1CCCN1C(=O)[C@@H]1CCC(=O)N1)[C@@H](C)O)C(=O)N1CCC[C@H]1C(=O)N1CCC[C@H]1C(=O)O. The Morgan fingerprint density at radius 2 is 1.09 bits per heavy atom. The number of amides is 11. The van der Waals surface area contributed by atoms with Crippen LogP contribution < -0.4 is 43.8 Å². The molecule has 13 N–H and O–H groups in total. The zero-order chi connectivity index (χ0) is 57.8. The third-order valence-corrected chi connectivity index (χ3v) is 16.1. The number of aliphatic hydroxyl groups is 1. The smallest absolute Gasteiger partial charge is 0.326 e. The standard InChI is InChI=1S/C51H80N14O14/c1-4-27(2)39(48(76)64-25-9-15-35(64)47(75)65-26-10-16-36(65)50(78)79)59-41(69)29(17-19-37(52)67)57-42(70)33-13-8-24-63(33)49(77)40(28(3)66)60-44(72)34-14-7-23-62(34)45(73)30(11-5-21-55-51(53)54)58-43(71)32-12-6-22-61(32)46(74)31-18-20-38(68)56-31/h27-36,39-40,66H,4-26H2,1-3H3,(H2,52,67)(H,56,68)(H,57,70)(H,58,71)(H,59,69)(H,60,72)(H,78,79)(H4,53,54,55)/t27-,28+,29-,30-,31-,32-,33-,34-,35-,36-,39-,40-/m0/s1. The van der Waals surface area contributed by atoms with Gasteiger partial charge in [-0.15, -0.1) is 0 Å². The summed E-state index contributed by atoms with van der Waals surface area (Å²) in [6.45, 7) is 5.69. The topological polar surface area (TPSA) is 412 Å². The van der Waals surface area contributed by atoms with Crippen LogP contribution in [0.2, 0.25) is 0 Å². The molecule has 28 heteroatoms. The van der Waals surface area contributed by atoms with Crippen LogP contribution in [0.4, 0.5) is 0 Å². The second-order valence-corrected chi connectivity index (χ2v) is 21.6. The van der Waals surface area contributed by atoms with E-state index in [4.69, 9.17) is 17.2 Å². The largest absolute Gasteiger partial charge is 0.480 e. The fourth-order valence-corrected chi connectivity index (χ4v) is 11.7. The molecule has 0 aromatic rings. The number of likely N-dealkylation sites (tertiary alicyclic amines) is 5. The van der Waals surface area contributed by atoms with Crippen LogP contribution in [0.5, 0.6) is 0 Å². The summed E-state index contributed by atoms with van der Waals surface area (Å²) >= 11 is 0. The van der Waals surface area contributed by atoms with Crippen LogP contribution in [0.25, 0.3) is 0 Å². The van der Waals surface area contributed by atoms with E-state index in [0.29, 0.717) is 57.8 Å². The van der Waals surface area contributed by atoms with Gasteiger partial charge in [0.15, 0.2) is 5.96 Å². The Labute approximate surface area is 458 Å². The van der Waals surface area contributed by atoms with Gasteiger partial charge in [-0.2, -0.15) is 0 Å². The lowest BCUT2D eigenvalue weighted by Gasteiger charge is -2.34. The second kappa shape index (κ2) is 27.6. The van der Waals surface area contributed by atoms with Crippen molar-refractivity contribution in [1.82, 2.24) is 51.1 Å². The number of carboxylic acid groups (broad SMARTS) is 1. The van der Waals surface area contributed by atoms with Crippen LogP contribution in [-0.4, -0.2) is 217 Å². The van der Waals surface area contributed by atoms with Crippen molar-refractivity contribution in [3.63, 3.8) is 0 Å². The number of primary amides is 1. The molecule has 6 fully saturated rings. The number of guanidine groups is 1. The molecule has 0 aromatic heterocycles. The first-order valence-corrected chi connectivity index (χ1v) is 27.8. The summed E-state index contributed by atoms with van der Waals surface area (Å²) in [5.41, 5.74) is 16.5. The van der Waals surface area contributed by atoms with Gasteiger partial charge in [0.05, 0.1) is 6.10 Å². The molecular weight excluding hydrogens is 1030 g/mol. The highest BCUT2D eigenvalue weighted by atomic mass is 16.4. The van der Waals surface area contributed by atoms with Gasteiger partial charge in [0.25, 0.3) is 0 Å². The zero-order valence-corrected chi connectivity index (χ0v) is 45.4. The highest BCUT2D eigenvalue weighted by Gasteiger charge is 2.47. The maximum atomic E-state index is 14.5. The Hall–Kier alpha value is -7.13. The molecule has 6 heterocycles. The van der Waals surface area contributed by atoms with Crippen LogP contribution >= 0.6 is 0 Å². The van der Waals surface area contributed by atoms with E-state index in [1.165, 1.54) is 31.4 Å². The maximum Gasteiger partial charge on any atom is 0.326 e. The summed E-state index contributed by atoms with van der Waals surface area (Å²) in [7, 11) is 0. The molecule has 0 radical (unpaired) electrons. The van der Waals surface area contributed by atoms with Gasteiger partial charge in [-0.1, -0.05) is 20.3 Å². The lowest BCUT2D eigenvalue weighted by molar-refractivity contribution is -0.152. The number of nitrogens with two attached hydrogens (primary N) is 3. The van der Waals surface area contributed by atoms with Crippen LogP contribution in [0.3, 0.4) is 0 Å². The third kappa shape index (κ3) is 15.0. The third-order valence-electron chi connectivity index (χ3n) is 16.1. The number of carbonyl (C=O) groups excluding carboxylic acids is 11. The maximum absolute atomic E-state index is 14.5. The van der Waals surface area contributed by atoms with E-state index >= 15 is 0 Å². The average molecular weight is 1110 g/mol. The van der Waals surface area contributed by atoms with Crippen LogP contribution in [-0.2, 0) is 57.5 Å². The van der Waals surface area contributed by atoms with Crippen molar-refractivity contribution in [3.05, 3.63) is 0 Å². The van der Waals surface area contributed by atoms with Gasteiger partial charge in [-0.25, -0.2) is 4.79 Å². The van der Waals surface area contributed by atoms with Crippen LogP contribution in [0.1, 0.15) is 130 Å². The van der Waals surface area contributed by atoms with Crippen molar-refractivity contribution in [1.29, 1.82) is 0 Å². The Morgan fingerprint density at radius 1 is 0.608 bits per heavy atom. The number of nitrogens with one attached hydrogen (secondary N) is 5. The van der Waals surface area contributed by atoms with Gasteiger partial charge in [0.1, 0.15) is 60.4 Å². The lowest BCUT2D eigenvalue weighted by atomic mass is 9.96. The van der Waals surface area contributed by atoms with Crippen molar-refractivity contribution in [3.8, 4) is 0 Å². The molecular formula is C51H80N14O14. The molecule has 6 rings (SSSR count). The van der Waals surface area contributed by atoms with Crippen molar-refractivity contribution < 1.29 is 67.7 Å². The summed E-state index contributed by atoms with van der Waals surface area (Å²) in [6, 6.07) is -11.5. The number of hydrogen-bond donors (Lipinski definition) is 10. The Balaban J connectivity index is 1.12. The van der Waals surface area contributed by atoms with Gasteiger partial charge in [0.2, 0.25) is 65.0 Å². The monoisotopic (exact) mass is 1110 g/mol. The molecule has 6 aliphatic heterocycles. The Bertz CT molecular complexity index is 2370. The van der Waals surface area contributed by atoms with Crippen LogP contribution in [0.15, 0.2) is 4.99 Å². The molecule has 6 aliphatic rings. The normalized spacial score (nSPS) is 25.1. The summed E-state index contributed by atoms with van der Waals surface area (Å²) in [5, 5.41) is 34.2. The van der Waals surface area contributed by atoms with Gasteiger partial charge in [0, 0.05) is 52.1 Å². The first-order chi connectivity index (χ1) is 37.5. The molecule has 79 heavy (non-hydrogen) atoms. The minimum Gasteiger partial charge on any atom is -0.480 e. The fourth-order valence-electron chi connectivity index (χ4n) is 11.7. The fraction of sp³-hybridized carbons (Fsp3) is 0.745. The molecule has 0 bridgehead atoms. The molecule has 0 saturated carbocycles. The summed E-state index contributed by atoms with van der Waals surface area (Å²) < 4.78 is 0. The van der Waals surface area contributed by atoms with E-state index in [1.807, 2.05) is 0 Å². The molecule has 438 valence electrons. The van der Waals surface area contributed by atoms with E-state index in [9.17, 15) is 67.7 Å². The number of carbonyl (C=O) groups is 12. The minimum atomic E-state index is -1.62. The van der Waals surface area contributed by atoms with Gasteiger partial charge < -0.3 is 78.5 Å². The van der Waals surface area contributed by atoms with Crippen molar-refractivity contribution in [2.45, 2.75) is 196 Å². The lowest BCUT2D eigenvalue weighted by Crippen LogP contribution is -2.62. The van der Waals surface area contributed by atoms with Gasteiger partial charge in [-0.05, 0) is 103 Å². The number of rotatable bonds is 24. The summed E-state index contributed by atoms with van der Waals surface area (Å²) in [5.74, 6) is -8.81. The Kier molecular flexibility index (Phi) is 21.4. The number of nitrogens with zero attached hydrogens (tertiary/aromatic N) is 6. The van der Waals surface area contributed by atoms with Crippen molar-refractivity contribution >= 4 is 76.9 Å². The van der Waals surface area contributed by atoms with Gasteiger partial charge in [-0.3, -0.25) is 57.7 Å². The summed E-state index contributed by atoms with van der Waals surface area (Å²) in [6.07, 6.45) is 2.26. The van der Waals surface area contributed by atoms with Crippen molar-refractivity contribution in [2.75, 3.05) is 39.3 Å². The second-order valence-electron chi connectivity index (χ2n) is 21.6.